The van der Waals surface area contributed by atoms with Crippen molar-refractivity contribution in [3.8, 4) is 5.75 Å². The molecule has 1 N–H and O–H groups in total. The smallest absolute Gasteiger partial charge is 0.258 e. The molecule has 1 heterocycles. The second-order valence-electron chi connectivity index (χ2n) is 9.48. The van der Waals surface area contributed by atoms with Crippen molar-refractivity contribution in [2.45, 2.75) is 25.9 Å². The topological polar surface area (TPSA) is 58.6 Å². The summed E-state index contributed by atoms with van der Waals surface area (Å²) in [6.45, 7) is 2.78. The van der Waals surface area contributed by atoms with Crippen molar-refractivity contribution in [3.05, 3.63) is 136 Å². The third kappa shape index (κ3) is 5.75. The monoisotopic (exact) mass is 508 g/mol. The van der Waals surface area contributed by atoms with Crippen molar-refractivity contribution < 1.29 is 18.7 Å². The van der Waals surface area contributed by atoms with Gasteiger partial charge in [-0.15, -0.1) is 0 Å². The second-order valence-corrected chi connectivity index (χ2v) is 9.48. The van der Waals surface area contributed by atoms with Gasteiger partial charge in [0.05, 0.1) is 6.04 Å². The molecule has 192 valence electrons. The fourth-order valence-electron chi connectivity index (χ4n) is 4.85. The van der Waals surface area contributed by atoms with E-state index in [9.17, 15) is 14.0 Å². The van der Waals surface area contributed by atoms with Crippen molar-refractivity contribution >= 4 is 11.8 Å². The Morgan fingerprint density at radius 2 is 1.74 bits per heavy atom. The number of carbonyl (C=O) groups is 2. The molecule has 0 unspecified atom stereocenters. The minimum absolute atomic E-state index is 0.0192. The average molecular weight is 509 g/mol. The number of aryl methyl sites for hydroxylation is 1. The molecule has 1 aliphatic rings. The molecular formula is C32H29FN2O3. The maximum atomic E-state index is 13.6. The van der Waals surface area contributed by atoms with E-state index >= 15 is 0 Å². The summed E-state index contributed by atoms with van der Waals surface area (Å²) in [4.78, 5) is 27.9. The highest BCUT2D eigenvalue weighted by molar-refractivity contribution is 5.95. The van der Waals surface area contributed by atoms with Crippen LogP contribution in [-0.2, 0) is 17.8 Å². The first-order valence-corrected chi connectivity index (χ1v) is 12.7. The van der Waals surface area contributed by atoms with Gasteiger partial charge in [-0.05, 0) is 72.0 Å². The maximum Gasteiger partial charge on any atom is 0.258 e. The van der Waals surface area contributed by atoms with Gasteiger partial charge in [0.15, 0.2) is 6.61 Å². The summed E-state index contributed by atoms with van der Waals surface area (Å²) < 4.78 is 18.9. The number of rotatable bonds is 7. The second kappa shape index (κ2) is 11.3. The summed E-state index contributed by atoms with van der Waals surface area (Å²) in [6.07, 6.45) is 0.731. The molecular weight excluding hydrogens is 479 g/mol. The Balaban J connectivity index is 1.36. The van der Waals surface area contributed by atoms with Crippen molar-refractivity contribution in [3.63, 3.8) is 0 Å². The third-order valence-electron chi connectivity index (χ3n) is 6.76. The fraction of sp³-hybridized carbons (Fsp3) is 0.188. The highest BCUT2D eigenvalue weighted by Crippen LogP contribution is 2.38. The molecule has 4 aromatic carbocycles. The molecule has 0 bridgehead atoms. The summed E-state index contributed by atoms with van der Waals surface area (Å²) in [5, 5.41) is 2.79. The Labute approximate surface area is 221 Å². The molecule has 2 amide bonds. The van der Waals surface area contributed by atoms with Gasteiger partial charge < -0.3 is 15.0 Å². The van der Waals surface area contributed by atoms with E-state index in [1.807, 2.05) is 72.5 Å². The molecule has 0 saturated carbocycles. The zero-order chi connectivity index (χ0) is 26.5. The predicted molar refractivity (Wildman–Crippen MR) is 144 cm³/mol. The standard InChI is InChI=1S/C32H29FN2O3/c1-22-6-5-9-26(18-22)31-29-19-28(38-21-30(36)34-20-23-10-13-27(33)14-11-23)15-12-24(29)16-17-35(31)32(37)25-7-3-2-4-8-25/h2-15,18-19,31H,16-17,20-21H2,1H3,(H,34,36)/t31-/m1/s1. The number of hydrogen-bond donors (Lipinski definition) is 1. The van der Waals surface area contributed by atoms with Gasteiger partial charge in [0.2, 0.25) is 0 Å². The highest BCUT2D eigenvalue weighted by Gasteiger charge is 2.33. The van der Waals surface area contributed by atoms with Crippen molar-refractivity contribution in [2.75, 3.05) is 13.2 Å². The summed E-state index contributed by atoms with van der Waals surface area (Å²) >= 11 is 0. The zero-order valence-corrected chi connectivity index (χ0v) is 21.2. The number of ether oxygens (including phenoxy) is 1. The first kappa shape index (κ1) is 25.2. The lowest BCUT2D eigenvalue weighted by atomic mass is 9.87. The summed E-state index contributed by atoms with van der Waals surface area (Å²) in [7, 11) is 0. The molecule has 6 heteroatoms. The van der Waals surface area contributed by atoms with Crippen LogP contribution < -0.4 is 10.1 Å². The highest BCUT2D eigenvalue weighted by atomic mass is 19.1. The molecule has 4 aromatic rings. The SMILES string of the molecule is Cc1cccc([C@@H]2c3cc(OCC(=O)NCc4ccc(F)cc4)ccc3CCN2C(=O)c2ccccc2)c1. The number of amides is 2. The molecule has 0 spiro atoms. The average Bonchev–Trinajstić information content (AvgIpc) is 2.95. The molecule has 38 heavy (non-hydrogen) atoms. The molecule has 0 aromatic heterocycles. The van der Waals surface area contributed by atoms with Gasteiger partial charge in [0.1, 0.15) is 11.6 Å². The maximum absolute atomic E-state index is 13.6. The summed E-state index contributed by atoms with van der Waals surface area (Å²) in [5.74, 6) is -0.0476. The van der Waals surface area contributed by atoms with E-state index in [0.717, 1.165) is 34.2 Å². The molecule has 1 atom stereocenters. The van der Waals surface area contributed by atoms with Gasteiger partial charge in [-0.1, -0.05) is 66.2 Å². The van der Waals surface area contributed by atoms with Crippen LogP contribution in [-0.4, -0.2) is 29.9 Å². The molecule has 0 aliphatic carbocycles. The van der Waals surface area contributed by atoms with E-state index in [1.54, 1.807) is 12.1 Å². The van der Waals surface area contributed by atoms with E-state index in [0.29, 0.717) is 24.4 Å². The van der Waals surface area contributed by atoms with Gasteiger partial charge in [-0.25, -0.2) is 4.39 Å². The molecule has 1 aliphatic heterocycles. The summed E-state index contributed by atoms with van der Waals surface area (Å²) in [5.41, 5.74) is 5.75. The predicted octanol–water partition coefficient (Wildman–Crippen LogP) is 5.62. The molecule has 5 nitrogen and oxygen atoms in total. The van der Waals surface area contributed by atoms with E-state index in [-0.39, 0.29) is 30.3 Å². The Kier molecular flexibility index (Phi) is 7.50. The molecule has 0 saturated heterocycles. The van der Waals surface area contributed by atoms with E-state index in [4.69, 9.17) is 4.74 Å². The Hall–Kier alpha value is -4.45. The number of benzene rings is 4. The Morgan fingerprint density at radius 1 is 0.947 bits per heavy atom. The first-order valence-electron chi connectivity index (χ1n) is 12.7. The Bertz CT molecular complexity index is 1440. The van der Waals surface area contributed by atoms with E-state index in [2.05, 4.69) is 17.4 Å². The van der Waals surface area contributed by atoms with Gasteiger partial charge >= 0.3 is 0 Å². The van der Waals surface area contributed by atoms with Crippen LogP contribution in [0.3, 0.4) is 0 Å². The lowest BCUT2D eigenvalue weighted by molar-refractivity contribution is -0.123. The first-order chi connectivity index (χ1) is 18.5. The minimum atomic E-state index is -0.316. The number of nitrogens with zero attached hydrogens (tertiary/aromatic N) is 1. The molecule has 0 fully saturated rings. The fourth-order valence-corrected chi connectivity index (χ4v) is 4.85. The van der Waals surface area contributed by atoms with E-state index in [1.165, 1.54) is 12.1 Å². The van der Waals surface area contributed by atoms with Crippen molar-refractivity contribution in [2.24, 2.45) is 0 Å². The van der Waals surface area contributed by atoms with Gasteiger partial charge in [0, 0.05) is 18.7 Å². The number of hydrogen-bond acceptors (Lipinski definition) is 3. The van der Waals surface area contributed by atoms with Crippen molar-refractivity contribution in [1.29, 1.82) is 0 Å². The third-order valence-corrected chi connectivity index (χ3v) is 6.76. The quantitative estimate of drug-likeness (QED) is 0.353. The van der Waals surface area contributed by atoms with Gasteiger partial charge in [0.25, 0.3) is 11.8 Å². The van der Waals surface area contributed by atoms with Crippen LogP contribution in [0.1, 0.15) is 44.2 Å². The van der Waals surface area contributed by atoms with E-state index < -0.39 is 0 Å². The lowest BCUT2D eigenvalue weighted by Crippen LogP contribution is -2.40. The Morgan fingerprint density at radius 3 is 2.50 bits per heavy atom. The number of carbonyl (C=O) groups excluding carboxylic acids is 2. The number of nitrogens with one attached hydrogen (secondary N) is 1. The van der Waals surface area contributed by atoms with Crippen LogP contribution in [0, 0.1) is 12.7 Å². The van der Waals surface area contributed by atoms with Crippen LogP contribution in [0.15, 0.2) is 97.1 Å². The van der Waals surface area contributed by atoms with Crippen LogP contribution in [0.2, 0.25) is 0 Å². The number of fused-ring (bicyclic) bond motifs is 1. The van der Waals surface area contributed by atoms with Crippen LogP contribution in [0.25, 0.3) is 0 Å². The van der Waals surface area contributed by atoms with Crippen molar-refractivity contribution in [1.82, 2.24) is 10.2 Å². The van der Waals surface area contributed by atoms with Gasteiger partial charge in [-0.2, -0.15) is 0 Å². The molecule has 0 radical (unpaired) electrons. The van der Waals surface area contributed by atoms with Gasteiger partial charge in [-0.3, -0.25) is 9.59 Å². The normalized spacial score (nSPS) is 14.5. The zero-order valence-electron chi connectivity index (χ0n) is 21.2. The van der Waals surface area contributed by atoms with Crippen LogP contribution in [0.4, 0.5) is 4.39 Å². The largest absolute Gasteiger partial charge is 0.484 e. The molecule has 5 rings (SSSR count). The lowest BCUT2D eigenvalue weighted by Gasteiger charge is -2.38. The van der Waals surface area contributed by atoms with Crippen LogP contribution in [0.5, 0.6) is 5.75 Å². The minimum Gasteiger partial charge on any atom is -0.484 e. The number of halogens is 1. The van der Waals surface area contributed by atoms with Crippen LogP contribution >= 0.6 is 0 Å². The summed E-state index contributed by atoms with van der Waals surface area (Å²) in [6, 6.07) is 29.1.